The second-order valence-electron chi connectivity index (χ2n) is 5.91. The Morgan fingerprint density at radius 3 is 2.81 bits per heavy atom. The third-order valence-electron chi connectivity index (χ3n) is 4.25. The zero-order valence-corrected chi connectivity index (χ0v) is 15.3. The van der Waals surface area contributed by atoms with E-state index in [1.54, 1.807) is 23.7 Å². The predicted octanol–water partition coefficient (Wildman–Crippen LogP) is 3.64. The molecule has 7 heteroatoms. The summed E-state index contributed by atoms with van der Waals surface area (Å²) in [4.78, 5) is 16.9. The lowest BCUT2D eigenvalue weighted by atomic mass is 10.1. The molecule has 132 valence electrons. The lowest BCUT2D eigenvalue weighted by molar-refractivity contribution is 0.413. The number of aromatic nitrogens is 2. The Labute approximate surface area is 155 Å². The number of fused-ring (bicyclic) bond motifs is 1. The van der Waals surface area contributed by atoms with E-state index in [-0.39, 0.29) is 11.6 Å². The maximum atomic E-state index is 12.7. The zero-order valence-electron chi connectivity index (χ0n) is 14.6. The number of nitrogens with zero attached hydrogens (tertiary/aromatic N) is 3. The quantitative estimate of drug-likeness (QED) is 0.760. The fourth-order valence-electron chi connectivity index (χ4n) is 2.86. The van der Waals surface area contributed by atoms with Gasteiger partial charge >= 0.3 is 0 Å². The van der Waals surface area contributed by atoms with Crippen LogP contribution in [0.1, 0.15) is 24.1 Å². The highest BCUT2D eigenvalue weighted by molar-refractivity contribution is 6.31. The largest absolute Gasteiger partial charge is 0.495 e. The molecule has 0 spiro atoms. The average Bonchev–Trinajstić information content (AvgIpc) is 2.64. The highest BCUT2D eigenvalue weighted by Gasteiger charge is 2.15. The molecular formula is C19H17ClN4O2. The number of pyridine rings is 2. The molecule has 1 unspecified atom stereocenters. The van der Waals surface area contributed by atoms with Crippen LogP contribution in [0.3, 0.4) is 0 Å². The smallest absolute Gasteiger partial charge is 0.256 e. The number of benzene rings is 1. The minimum atomic E-state index is -0.303. The molecule has 0 amide bonds. The Morgan fingerprint density at radius 1 is 1.35 bits per heavy atom. The maximum absolute atomic E-state index is 12.7. The first-order valence-corrected chi connectivity index (χ1v) is 8.32. The van der Waals surface area contributed by atoms with Gasteiger partial charge in [-0.15, -0.1) is 0 Å². The van der Waals surface area contributed by atoms with Crippen LogP contribution in [0.2, 0.25) is 5.02 Å². The molecule has 0 radical (unpaired) electrons. The van der Waals surface area contributed by atoms with Crippen LogP contribution in [0.25, 0.3) is 10.9 Å². The van der Waals surface area contributed by atoms with Crippen LogP contribution in [0, 0.1) is 11.3 Å². The van der Waals surface area contributed by atoms with Gasteiger partial charge in [0.15, 0.2) is 0 Å². The number of hydrogen-bond donors (Lipinski definition) is 1. The number of ether oxygens (including phenoxy) is 1. The van der Waals surface area contributed by atoms with Crippen molar-refractivity contribution in [1.29, 1.82) is 5.26 Å². The summed E-state index contributed by atoms with van der Waals surface area (Å²) in [6.07, 6.45) is 1.44. The van der Waals surface area contributed by atoms with E-state index in [4.69, 9.17) is 21.6 Å². The number of methoxy groups -OCH3 is 1. The molecule has 3 aromatic rings. The van der Waals surface area contributed by atoms with E-state index in [2.05, 4.69) is 10.3 Å². The topological polar surface area (TPSA) is 79.9 Å². The van der Waals surface area contributed by atoms with Crippen LogP contribution >= 0.6 is 11.6 Å². The molecule has 0 aliphatic rings. The Kier molecular flexibility index (Phi) is 4.83. The van der Waals surface area contributed by atoms with Crippen molar-refractivity contribution in [2.24, 2.45) is 7.05 Å². The number of anilines is 1. The molecule has 26 heavy (non-hydrogen) atoms. The molecule has 0 saturated carbocycles. The van der Waals surface area contributed by atoms with Gasteiger partial charge in [0.2, 0.25) is 0 Å². The van der Waals surface area contributed by atoms with Crippen LogP contribution in [0.15, 0.2) is 41.3 Å². The van der Waals surface area contributed by atoms with Crippen LogP contribution in [0.4, 0.5) is 5.82 Å². The number of aryl methyl sites for hydroxylation is 1. The van der Waals surface area contributed by atoms with E-state index in [0.717, 1.165) is 10.9 Å². The highest BCUT2D eigenvalue weighted by Crippen LogP contribution is 2.25. The summed E-state index contributed by atoms with van der Waals surface area (Å²) in [6, 6.07) is 10.6. The minimum absolute atomic E-state index is 0.0968. The maximum Gasteiger partial charge on any atom is 0.256 e. The molecule has 2 aromatic heterocycles. The van der Waals surface area contributed by atoms with E-state index in [1.807, 2.05) is 31.2 Å². The first kappa shape index (κ1) is 17.8. The molecule has 0 aliphatic heterocycles. The molecule has 1 N–H and O–H groups in total. The van der Waals surface area contributed by atoms with E-state index in [0.29, 0.717) is 27.7 Å². The number of nitriles is 1. The number of halogens is 1. The van der Waals surface area contributed by atoms with Crippen molar-refractivity contribution < 1.29 is 4.74 Å². The van der Waals surface area contributed by atoms with Gasteiger partial charge in [0.25, 0.3) is 5.56 Å². The number of rotatable bonds is 4. The predicted molar refractivity (Wildman–Crippen MR) is 102 cm³/mol. The Morgan fingerprint density at radius 2 is 2.12 bits per heavy atom. The molecule has 0 fully saturated rings. The molecule has 1 aromatic carbocycles. The SMILES string of the molecule is COc1cc(NC(C)c2cc3cc(Cl)ccc3n(C)c2=O)ncc1C#N. The van der Waals surface area contributed by atoms with E-state index < -0.39 is 0 Å². The van der Waals surface area contributed by atoms with Gasteiger partial charge in [-0.1, -0.05) is 11.6 Å². The first-order valence-electron chi connectivity index (χ1n) is 7.94. The standard InChI is InChI=1S/C19H17ClN4O2/c1-11(23-18-8-17(26-3)13(9-21)10-22-18)15-7-12-6-14(20)4-5-16(12)24(2)19(15)25/h4-8,10-11H,1-3H3,(H,22,23). The molecule has 2 heterocycles. The van der Waals surface area contributed by atoms with Gasteiger partial charge in [0.1, 0.15) is 23.2 Å². The first-order chi connectivity index (χ1) is 12.4. The van der Waals surface area contributed by atoms with Gasteiger partial charge < -0.3 is 14.6 Å². The van der Waals surface area contributed by atoms with Crippen molar-refractivity contribution in [3.63, 3.8) is 0 Å². The van der Waals surface area contributed by atoms with Gasteiger partial charge in [0.05, 0.1) is 24.9 Å². The third kappa shape index (κ3) is 3.22. The molecule has 3 rings (SSSR count). The van der Waals surface area contributed by atoms with Crippen molar-refractivity contribution in [1.82, 2.24) is 9.55 Å². The second kappa shape index (κ2) is 7.06. The Bertz CT molecular complexity index is 1090. The lowest BCUT2D eigenvalue weighted by Crippen LogP contribution is -2.25. The van der Waals surface area contributed by atoms with Crippen molar-refractivity contribution in [2.45, 2.75) is 13.0 Å². The Balaban J connectivity index is 2.00. The number of hydrogen-bond acceptors (Lipinski definition) is 5. The Hall–Kier alpha value is -3.04. The van der Waals surface area contributed by atoms with E-state index in [1.165, 1.54) is 13.3 Å². The van der Waals surface area contributed by atoms with E-state index in [9.17, 15) is 4.79 Å². The summed E-state index contributed by atoms with van der Waals surface area (Å²) < 4.78 is 6.80. The van der Waals surface area contributed by atoms with Crippen molar-refractivity contribution in [3.8, 4) is 11.8 Å². The normalized spacial score (nSPS) is 11.8. The second-order valence-corrected chi connectivity index (χ2v) is 6.35. The fourth-order valence-corrected chi connectivity index (χ4v) is 3.04. The van der Waals surface area contributed by atoms with Crippen molar-refractivity contribution in [2.75, 3.05) is 12.4 Å². The summed E-state index contributed by atoms with van der Waals surface area (Å²) in [6.45, 7) is 1.87. The lowest BCUT2D eigenvalue weighted by Gasteiger charge is -2.17. The zero-order chi connectivity index (χ0) is 18.8. The van der Waals surface area contributed by atoms with Crippen molar-refractivity contribution >= 4 is 28.3 Å². The summed E-state index contributed by atoms with van der Waals surface area (Å²) >= 11 is 6.08. The molecular weight excluding hydrogens is 352 g/mol. The summed E-state index contributed by atoms with van der Waals surface area (Å²) in [5, 5.41) is 13.7. The van der Waals surface area contributed by atoms with Gasteiger partial charge in [-0.05, 0) is 31.2 Å². The van der Waals surface area contributed by atoms with Crippen LogP contribution < -0.4 is 15.6 Å². The molecule has 0 aliphatic carbocycles. The van der Waals surface area contributed by atoms with Gasteiger partial charge in [0, 0.05) is 29.1 Å². The van der Waals surface area contributed by atoms with Gasteiger partial charge in [-0.2, -0.15) is 5.26 Å². The summed E-state index contributed by atoms with van der Waals surface area (Å²) in [5.74, 6) is 0.942. The molecule has 0 saturated heterocycles. The molecule has 6 nitrogen and oxygen atoms in total. The van der Waals surface area contributed by atoms with Crippen LogP contribution in [0.5, 0.6) is 5.75 Å². The monoisotopic (exact) mass is 368 g/mol. The fraction of sp³-hybridized carbons (Fsp3) is 0.211. The molecule has 0 bridgehead atoms. The molecule has 1 atom stereocenters. The van der Waals surface area contributed by atoms with Crippen molar-refractivity contribution in [3.05, 3.63) is 63.0 Å². The third-order valence-corrected chi connectivity index (χ3v) is 4.49. The van der Waals surface area contributed by atoms with Gasteiger partial charge in [-0.25, -0.2) is 4.98 Å². The summed E-state index contributed by atoms with van der Waals surface area (Å²) in [5.41, 5.74) is 1.66. The highest BCUT2D eigenvalue weighted by atomic mass is 35.5. The number of nitrogens with one attached hydrogen (secondary N) is 1. The average molecular weight is 369 g/mol. The minimum Gasteiger partial charge on any atom is -0.495 e. The van der Waals surface area contributed by atoms with Crippen LogP contribution in [-0.2, 0) is 7.05 Å². The summed E-state index contributed by atoms with van der Waals surface area (Å²) in [7, 11) is 3.23. The van der Waals surface area contributed by atoms with E-state index >= 15 is 0 Å². The van der Waals surface area contributed by atoms with Gasteiger partial charge in [-0.3, -0.25) is 4.79 Å². The van der Waals surface area contributed by atoms with Crippen LogP contribution in [-0.4, -0.2) is 16.7 Å².